The smallest absolute Gasteiger partial charge is 0.319 e. The summed E-state index contributed by atoms with van der Waals surface area (Å²) in [5.41, 5.74) is 0.237. The second-order valence-electron chi connectivity index (χ2n) is 5.29. The molecule has 0 atom stereocenters. The molecule has 21 heavy (non-hydrogen) atoms. The topological polar surface area (TPSA) is 102 Å². The molecule has 2 amide bonds. The van der Waals surface area contributed by atoms with Crippen LogP contribution < -0.4 is 10.6 Å². The predicted octanol–water partition coefficient (Wildman–Crippen LogP) is 2.32. The third-order valence-corrected chi connectivity index (χ3v) is 3.87. The van der Waals surface area contributed by atoms with E-state index in [1.807, 2.05) is 6.07 Å². The molecule has 1 aromatic rings. The maximum Gasteiger partial charge on any atom is 0.319 e. The summed E-state index contributed by atoms with van der Waals surface area (Å²) < 4.78 is 0. The molecule has 0 aliphatic heterocycles. The van der Waals surface area contributed by atoms with Crippen LogP contribution >= 0.6 is 0 Å². The number of carbonyl (C=O) groups is 2. The normalized spacial score (nSPS) is 16.0. The third kappa shape index (κ3) is 3.51. The minimum absolute atomic E-state index is 0.129. The van der Waals surface area contributed by atoms with Gasteiger partial charge in [-0.25, -0.2) is 4.79 Å². The van der Waals surface area contributed by atoms with Crippen LogP contribution in [0.4, 0.5) is 10.5 Å². The van der Waals surface area contributed by atoms with Crippen molar-refractivity contribution in [1.82, 2.24) is 5.32 Å². The maximum atomic E-state index is 11.8. The van der Waals surface area contributed by atoms with Crippen LogP contribution in [0.25, 0.3) is 0 Å². The molecule has 110 valence electrons. The highest BCUT2D eigenvalue weighted by Gasteiger charge is 2.41. The van der Waals surface area contributed by atoms with Crippen molar-refractivity contribution in [3.63, 3.8) is 0 Å². The Balaban J connectivity index is 1.89. The Hall–Kier alpha value is -2.55. The molecular formula is C15H17N3O3. The fourth-order valence-electron chi connectivity index (χ4n) is 2.57. The first-order chi connectivity index (χ1) is 10.1. The second-order valence-corrected chi connectivity index (χ2v) is 5.29. The number of rotatable bonds is 4. The number of hydrogen-bond donors (Lipinski definition) is 3. The number of carboxylic acid groups (broad SMARTS) is 1. The lowest BCUT2D eigenvalue weighted by atomic mass is 9.86. The van der Waals surface area contributed by atoms with Gasteiger partial charge in [0.25, 0.3) is 0 Å². The number of amides is 2. The van der Waals surface area contributed by atoms with Crippen LogP contribution in [0.3, 0.4) is 0 Å². The highest BCUT2D eigenvalue weighted by Crippen LogP contribution is 2.37. The molecule has 0 bridgehead atoms. The average molecular weight is 287 g/mol. The summed E-state index contributed by atoms with van der Waals surface area (Å²) in [7, 11) is 0. The van der Waals surface area contributed by atoms with E-state index in [9.17, 15) is 14.7 Å². The number of carbonyl (C=O) groups excluding carboxylic acids is 1. The van der Waals surface area contributed by atoms with E-state index in [1.165, 1.54) is 0 Å². The zero-order chi connectivity index (χ0) is 15.3. The summed E-state index contributed by atoms with van der Waals surface area (Å²) in [5, 5.41) is 23.3. The van der Waals surface area contributed by atoms with Crippen molar-refractivity contribution in [3.8, 4) is 6.07 Å². The lowest BCUT2D eigenvalue weighted by Crippen LogP contribution is -2.42. The first kappa shape index (κ1) is 14.9. The van der Waals surface area contributed by atoms with Crippen molar-refractivity contribution < 1.29 is 14.7 Å². The quantitative estimate of drug-likeness (QED) is 0.790. The summed E-state index contributed by atoms with van der Waals surface area (Å²) in [4.78, 5) is 23.2. The van der Waals surface area contributed by atoms with Gasteiger partial charge in [-0.1, -0.05) is 12.8 Å². The van der Waals surface area contributed by atoms with Crippen LogP contribution in [0.2, 0.25) is 0 Å². The molecule has 0 radical (unpaired) electrons. The number of urea groups is 1. The van der Waals surface area contributed by atoms with Gasteiger partial charge < -0.3 is 15.7 Å². The van der Waals surface area contributed by atoms with Crippen LogP contribution in [0.15, 0.2) is 24.3 Å². The maximum absolute atomic E-state index is 11.8. The van der Waals surface area contributed by atoms with E-state index in [2.05, 4.69) is 10.6 Å². The molecule has 2 rings (SSSR count). The van der Waals surface area contributed by atoms with Crippen LogP contribution in [0.1, 0.15) is 31.2 Å². The van der Waals surface area contributed by atoms with E-state index < -0.39 is 17.4 Å². The number of benzene rings is 1. The fourth-order valence-corrected chi connectivity index (χ4v) is 2.57. The van der Waals surface area contributed by atoms with Crippen molar-refractivity contribution >= 4 is 17.7 Å². The van der Waals surface area contributed by atoms with Gasteiger partial charge >= 0.3 is 12.0 Å². The van der Waals surface area contributed by atoms with Crippen molar-refractivity contribution in [2.75, 3.05) is 11.9 Å². The van der Waals surface area contributed by atoms with Gasteiger partial charge in [-0.2, -0.15) is 5.26 Å². The van der Waals surface area contributed by atoms with E-state index in [4.69, 9.17) is 5.26 Å². The van der Waals surface area contributed by atoms with Crippen LogP contribution in [-0.2, 0) is 4.79 Å². The SMILES string of the molecule is N#Cc1ccc(NC(=O)NCC2(C(=O)O)CCCC2)cc1. The number of nitriles is 1. The lowest BCUT2D eigenvalue weighted by molar-refractivity contribution is -0.148. The minimum Gasteiger partial charge on any atom is -0.481 e. The molecular weight excluding hydrogens is 270 g/mol. The zero-order valence-corrected chi connectivity index (χ0v) is 11.6. The second kappa shape index (κ2) is 6.27. The summed E-state index contributed by atoms with van der Waals surface area (Å²) in [6.07, 6.45) is 2.95. The summed E-state index contributed by atoms with van der Waals surface area (Å²) in [6.45, 7) is 0.129. The highest BCUT2D eigenvalue weighted by molar-refractivity contribution is 5.89. The number of anilines is 1. The van der Waals surface area contributed by atoms with Gasteiger partial charge in [0.1, 0.15) is 0 Å². The van der Waals surface area contributed by atoms with Gasteiger partial charge in [-0.05, 0) is 37.1 Å². The molecule has 0 saturated heterocycles. The van der Waals surface area contributed by atoms with E-state index in [-0.39, 0.29) is 6.54 Å². The zero-order valence-electron chi connectivity index (χ0n) is 11.6. The van der Waals surface area contributed by atoms with Crippen molar-refractivity contribution in [1.29, 1.82) is 5.26 Å². The predicted molar refractivity (Wildman–Crippen MR) is 76.7 cm³/mol. The molecule has 6 nitrogen and oxygen atoms in total. The number of carboxylic acids is 1. The molecule has 0 aromatic heterocycles. The van der Waals surface area contributed by atoms with Crippen molar-refractivity contribution in [2.24, 2.45) is 5.41 Å². The van der Waals surface area contributed by atoms with E-state index in [0.717, 1.165) is 12.8 Å². The van der Waals surface area contributed by atoms with Gasteiger partial charge in [0.2, 0.25) is 0 Å². The van der Waals surface area contributed by atoms with Gasteiger partial charge in [-0.15, -0.1) is 0 Å². The average Bonchev–Trinajstić information content (AvgIpc) is 2.96. The molecule has 6 heteroatoms. The first-order valence-electron chi connectivity index (χ1n) is 6.84. The lowest BCUT2D eigenvalue weighted by Gasteiger charge is -2.24. The van der Waals surface area contributed by atoms with E-state index in [1.54, 1.807) is 24.3 Å². The minimum atomic E-state index is -0.848. The summed E-state index contributed by atoms with van der Waals surface area (Å²) in [6, 6.07) is 8.01. The molecule has 0 spiro atoms. The van der Waals surface area contributed by atoms with Crippen LogP contribution in [0.5, 0.6) is 0 Å². The number of aliphatic carboxylic acids is 1. The first-order valence-corrected chi connectivity index (χ1v) is 6.84. The Kier molecular flexibility index (Phi) is 4.43. The summed E-state index contributed by atoms with van der Waals surface area (Å²) >= 11 is 0. The third-order valence-electron chi connectivity index (χ3n) is 3.87. The molecule has 1 fully saturated rings. The Morgan fingerprint density at radius 3 is 2.38 bits per heavy atom. The molecule has 0 unspecified atom stereocenters. The monoisotopic (exact) mass is 287 g/mol. The Labute approximate surface area is 122 Å². The Morgan fingerprint density at radius 2 is 1.86 bits per heavy atom. The summed E-state index contributed by atoms with van der Waals surface area (Å²) in [5.74, 6) is -0.848. The number of nitrogens with zero attached hydrogens (tertiary/aromatic N) is 1. The van der Waals surface area contributed by atoms with Crippen molar-refractivity contribution in [3.05, 3.63) is 29.8 Å². The molecule has 1 saturated carbocycles. The van der Waals surface area contributed by atoms with Crippen LogP contribution in [0, 0.1) is 16.7 Å². The molecule has 1 aromatic carbocycles. The fraction of sp³-hybridized carbons (Fsp3) is 0.400. The van der Waals surface area contributed by atoms with Crippen molar-refractivity contribution in [2.45, 2.75) is 25.7 Å². The van der Waals surface area contributed by atoms with Gasteiger partial charge in [0, 0.05) is 12.2 Å². The number of nitrogens with one attached hydrogen (secondary N) is 2. The molecule has 3 N–H and O–H groups in total. The van der Waals surface area contributed by atoms with E-state index >= 15 is 0 Å². The van der Waals surface area contributed by atoms with Gasteiger partial charge in [0.15, 0.2) is 0 Å². The Bertz CT molecular complexity index is 569. The Morgan fingerprint density at radius 1 is 1.24 bits per heavy atom. The van der Waals surface area contributed by atoms with Gasteiger partial charge in [-0.3, -0.25) is 4.79 Å². The molecule has 1 aliphatic rings. The highest BCUT2D eigenvalue weighted by atomic mass is 16.4. The number of hydrogen-bond acceptors (Lipinski definition) is 3. The molecule has 0 heterocycles. The standard InChI is InChI=1S/C15H17N3O3/c16-9-11-3-5-12(6-4-11)18-14(21)17-10-15(13(19)20)7-1-2-8-15/h3-6H,1-2,7-8,10H2,(H,19,20)(H2,17,18,21). The van der Waals surface area contributed by atoms with E-state index in [0.29, 0.717) is 24.1 Å². The molecule has 1 aliphatic carbocycles. The largest absolute Gasteiger partial charge is 0.481 e. The van der Waals surface area contributed by atoms with Gasteiger partial charge in [0.05, 0.1) is 17.0 Å². The van der Waals surface area contributed by atoms with Crippen LogP contribution in [-0.4, -0.2) is 23.7 Å².